The summed E-state index contributed by atoms with van der Waals surface area (Å²) in [5, 5.41) is 12.7. The van der Waals surface area contributed by atoms with E-state index in [1.807, 2.05) is 41.3 Å². The van der Waals surface area contributed by atoms with E-state index in [1.165, 1.54) is 5.56 Å². The normalized spacial score (nSPS) is 14.4. The van der Waals surface area contributed by atoms with Crippen molar-refractivity contribution in [2.45, 2.75) is 18.8 Å². The Morgan fingerprint density at radius 1 is 1.07 bits per heavy atom. The molecular formula is C24H25N3O3. The summed E-state index contributed by atoms with van der Waals surface area (Å²) < 4.78 is 5.39. The predicted octanol–water partition coefficient (Wildman–Crippen LogP) is 4.56. The van der Waals surface area contributed by atoms with E-state index in [4.69, 9.17) is 4.74 Å². The molecule has 154 valence electrons. The van der Waals surface area contributed by atoms with Gasteiger partial charge in [-0.15, -0.1) is 0 Å². The number of aromatic hydroxyl groups is 1. The fourth-order valence-electron chi connectivity index (χ4n) is 3.89. The van der Waals surface area contributed by atoms with Crippen molar-refractivity contribution in [3.05, 3.63) is 78.0 Å². The summed E-state index contributed by atoms with van der Waals surface area (Å²) in [6, 6.07) is 18.5. The van der Waals surface area contributed by atoms with E-state index in [0.717, 1.165) is 18.5 Å². The number of rotatable bonds is 5. The quantitative estimate of drug-likeness (QED) is 0.653. The minimum atomic E-state index is -0.0235. The van der Waals surface area contributed by atoms with Crippen molar-refractivity contribution in [1.29, 1.82) is 0 Å². The first-order chi connectivity index (χ1) is 14.7. The van der Waals surface area contributed by atoms with E-state index in [9.17, 15) is 9.90 Å². The average Bonchev–Trinajstić information content (AvgIpc) is 2.80. The number of aromatic nitrogens is 1. The lowest BCUT2D eigenvalue weighted by Gasteiger charge is -2.32. The van der Waals surface area contributed by atoms with Crippen molar-refractivity contribution >= 4 is 17.4 Å². The maximum Gasteiger partial charge on any atom is 0.257 e. The van der Waals surface area contributed by atoms with Crippen LogP contribution in [0.4, 0.5) is 11.5 Å². The second-order valence-electron chi connectivity index (χ2n) is 7.38. The summed E-state index contributed by atoms with van der Waals surface area (Å²) >= 11 is 0. The van der Waals surface area contributed by atoms with Crippen LogP contribution in [-0.2, 0) is 0 Å². The molecule has 1 saturated heterocycles. The van der Waals surface area contributed by atoms with Crippen LogP contribution in [0.15, 0.2) is 66.9 Å². The van der Waals surface area contributed by atoms with Crippen molar-refractivity contribution in [3.63, 3.8) is 0 Å². The Kier molecular flexibility index (Phi) is 5.84. The number of para-hydroxylation sites is 2. The fraction of sp³-hybridized carbons (Fsp3) is 0.250. The topological polar surface area (TPSA) is 74.7 Å². The zero-order valence-electron chi connectivity index (χ0n) is 16.9. The number of anilines is 2. The Hall–Kier alpha value is -3.54. The number of phenols is 1. The number of carbonyl (C=O) groups excluding carboxylic acids is 1. The summed E-state index contributed by atoms with van der Waals surface area (Å²) in [7, 11) is 1.61. The molecule has 0 spiro atoms. The maximum absolute atomic E-state index is 13.2. The van der Waals surface area contributed by atoms with Gasteiger partial charge in [-0.05, 0) is 60.7 Å². The summed E-state index contributed by atoms with van der Waals surface area (Å²) in [6.07, 6.45) is 3.46. The highest BCUT2D eigenvalue weighted by Gasteiger charge is 2.26. The zero-order chi connectivity index (χ0) is 20.9. The molecule has 3 aromatic rings. The number of benzene rings is 2. The van der Waals surface area contributed by atoms with Gasteiger partial charge >= 0.3 is 0 Å². The van der Waals surface area contributed by atoms with Gasteiger partial charge in [0.25, 0.3) is 5.91 Å². The molecule has 30 heavy (non-hydrogen) atoms. The molecule has 2 N–H and O–H groups in total. The van der Waals surface area contributed by atoms with Gasteiger partial charge in [-0.3, -0.25) is 4.79 Å². The van der Waals surface area contributed by atoms with E-state index in [1.54, 1.807) is 37.6 Å². The molecule has 0 radical (unpaired) electrons. The maximum atomic E-state index is 13.2. The van der Waals surface area contributed by atoms with Crippen LogP contribution in [0.1, 0.15) is 34.7 Å². The van der Waals surface area contributed by atoms with Crippen LogP contribution in [0.3, 0.4) is 0 Å². The third-order valence-electron chi connectivity index (χ3n) is 5.54. The van der Waals surface area contributed by atoms with Crippen LogP contribution >= 0.6 is 0 Å². The molecule has 1 aromatic heterocycles. The third-order valence-corrected chi connectivity index (χ3v) is 5.54. The highest BCUT2D eigenvalue weighted by molar-refractivity contribution is 5.99. The van der Waals surface area contributed by atoms with Gasteiger partial charge in [0.15, 0.2) is 0 Å². The van der Waals surface area contributed by atoms with E-state index < -0.39 is 0 Å². The molecule has 6 nitrogen and oxygen atoms in total. The average molecular weight is 403 g/mol. The van der Waals surface area contributed by atoms with Crippen molar-refractivity contribution in [2.24, 2.45) is 0 Å². The van der Waals surface area contributed by atoms with E-state index in [2.05, 4.69) is 10.3 Å². The molecule has 0 bridgehead atoms. The number of piperidine rings is 1. The SMILES string of the molecule is COc1ccccc1Nc1ncccc1C(=O)N1CCC(c2ccc(O)cc2)CC1. The van der Waals surface area contributed by atoms with Gasteiger partial charge in [-0.1, -0.05) is 24.3 Å². The molecule has 1 amide bonds. The third kappa shape index (κ3) is 4.22. The smallest absolute Gasteiger partial charge is 0.257 e. The Bertz CT molecular complexity index is 1010. The molecule has 1 aliphatic heterocycles. The highest BCUT2D eigenvalue weighted by Crippen LogP contribution is 2.31. The minimum Gasteiger partial charge on any atom is -0.508 e. The molecule has 0 saturated carbocycles. The lowest BCUT2D eigenvalue weighted by atomic mass is 9.89. The molecule has 0 unspecified atom stereocenters. The fourth-order valence-corrected chi connectivity index (χ4v) is 3.89. The molecule has 0 atom stereocenters. The van der Waals surface area contributed by atoms with E-state index in [0.29, 0.717) is 36.1 Å². The molecule has 6 heteroatoms. The number of ether oxygens (including phenoxy) is 1. The number of hydrogen-bond acceptors (Lipinski definition) is 5. The Morgan fingerprint density at radius 2 is 1.80 bits per heavy atom. The van der Waals surface area contributed by atoms with Crippen molar-refractivity contribution in [1.82, 2.24) is 9.88 Å². The first-order valence-electron chi connectivity index (χ1n) is 10.1. The summed E-state index contributed by atoms with van der Waals surface area (Å²) in [5.74, 6) is 1.86. The molecule has 1 aliphatic rings. The monoisotopic (exact) mass is 403 g/mol. The second kappa shape index (κ2) is 8.86. The standard InChI is InChI=1S/C24H25N3O3/c1-30-22-7-3-2-6-21(22)26-23-20(5-4-14-25-23)24(29)27-15-12-18(13-16-27)17-8-10-19(28)11-9-17/h2-11,14,18,28H,12-13,15-16H2,1H3,(H,25,26). The Labute approximate surface area is 176 Å². The first-order valence-corrected chi connectivity index (χ1v) is 10.1. The summed E-state index contributed by atoms with van der Waals surface area (Å²) in [5.41, 5.74) is 2.52. The number of carbonyl (C=O) groups is 1. The number of nitrogens with zero attached hydrogens (tertiary/aromatic N) is 2. The van der Waals surface area contributed by atoms with Gasteiger partial charge in [-0.2, -0.15) is 0 Å². The molecule has 2 heterocycles. The van der Waals surface area contributed by atoms with E-state index >= 15 is 0 Å². The summed E-state index contributed by atoms with van der Waals surface area (Å²) in [4.78, 5) is 19.5. The van der Waals surface area contributed by atoms with Crippen LogP contribution < -0.4 is 10.1 Å². The van der Waals surface area contributed by atoms with Crippen LogP contribution in [-0.4, -0.2) is 41.1 Å². The second-order valence-corrected chi connectivity index (χ2v) is 7.38. The minimum absolute atomic E-state index is 0.0235. The largest absolute Gasteiger partial charge is 0.508 e. The lowest BCUT2D eigenvalue weighted by Crippen LogP contribution is -2.38. The number of hydrogen-bond donors (Lipinski definition) is 2. The number of methoxy groups -OCH3 is 1. The van der Waals surface area contributed by atoms with Crippen LogP contribution in [0.2, 0.25) is 0 Å². The Morgan fingerprint density at radius 3 is 2.53 bits per heavy atom. The number of phenolic OH excluding ortho intramolecular Hbond substituents is 1. The lowest BCUT2D eigenvalue weighted by molar-refractivity contribution is 0.0713. The van der Waals surface area contributed by atoms with Gasteiger partial charge in [0, 0.05) is 19.3 Å². The van der Waals surface area contributed by atoms with Gasteiger partial charge in [-0.25, -0.2) is 4.98 Å². The van der Waals surface area contributed by atoms with Crippen molar-refractivity contribution in [3.8, 4) is 11.5 Å². The molecular weight excluding hydrogens is 378 g/mol. The Balaban J connectivity index is 1.47. The van der Waals surface area contributed by atoms with Crippen LogP contribution in [0, 0.1) is 0 Å². The van der Waals surface area contributed by atoms with Crippen molar-refractivity contribution in [2.75, 3.05) is 25.5 Å². The molecule has 2 aromatic carbocycles. The van der Waals surface area contributed by atoms with Gasteiger partial charge in [0.1, 0.15) is 17.3 Å². The van der Waals surface area contributed by atoms with Crippen LogP contribution in [0.5, 0.6) is 11.5 Å². The van der Waals surface area contributed by atoms with Gasteiger partial charge in [0.2, 0.25) is 0 Å². The number of nitrogens with one attached hydrogen (secondary N) is 1. The number of pyridine rings is 1. The zero-order valence-corrected chi connectivity index (χ0v) is 16.9. The summed E-state index contributed by atoms with van der Waals surface area (Å²) in [6.45, 7) is 1.38. The van der Waals surface area contributed by atoms with Gasteiger partial charge < -0.3 is 20.1 Å². The van der Waals surface area contributed by atoms with Crippen LogP contribution in [0.25, 0.3) is 0 Å². The van der Waals surface area contributed by atoms with Crippen molar-refractivity contribution < 1.29 is 14.6 Å². The molecule has 4 rings (SSSR count). The number of amides is 1. The molecule has 1 fully saturated rings. The molecule has 0 aliphatic carbocycles. The number of likely N-dealkylation sites (tertiary alicyclic amines) is 1. The van der Waals surface area contributed by atoms with E-state index in [-0.39, 0.29) is 11.7 Å². The predicted molar refractivity (Wildman–Crippen MR) is 116 cm³/mol. The highest BCUT2D eigenvalue weighted by atomic mass is 16.5. The van der Waals surface area contributed by atoms with Gasteiger partial charge in [0.05, 0.1) is 18.4 Å². The first kappa shape index (κ1) is 19.8.